The smallest absolute Gasteiger partial charge is 0.291 e. The van der Waals surface area contributed by atoms with E-state index in [0.29, 0.717) is 17.8 Å². The van der Waals surface area contributed by atoms with Gasteiger partial charge in [-0.3, -0.25) is 10.2 Å². The minimum absolute atomic E-state index is 0.0156. The molecule has 1 heterocycles. The standard InChI is InChI=1S/C27H29N5O2/c1-27(2,17-18-11-5-3-6-12-18)25(28)34-26(29)32-23-24(33)30-21-16-10-9-15-20(21)22(31-23)19-13-7-4-8-14-19/h4-5,7-16,23,28H,3,6,17H2,1-2H3,(H2,29,32)(H,30,33). The van der Waals surface area contributed by atoms with Crippen LogP contribution in [0.5, 0.6) is 0 Å². The van der Waals surface area contributed by atoms with Crippen molar-refractivity contribution in [3.63, 3.8) is 0 Å². The fourth-order valence-electron chi connectivity index (χ4n) is 3.94. The van der Waals surface area contributed by atoms with E-state index in [2.05, 4.69) is 33.5 Å². The van der Waals surface area contributed by atoms with Gasteiger partial charge in [-0.1, -0.05) is 86.2 Å². The molecule has 2 aromatic carbocycles. The summed E-state index contributed by atoms with van der Waals surface area (Å²) < 4.78 is 5.58. The zero-order chi connectivity index (χ0) is 24.1. The van der Waals surface area contributed by atoms with E-state index in [1.54, 1.807) is 0 Å². The lowest BCUT2D eigenvalue weighted by Crippen LogP contribution is -2.34. The molecule has 0 bridgehead atoms. The van der Waals surface area contributed by atoms with Gasteiger partial charge < -0.3 is 15.8 Å². The molecule has 1 unspecified atom stereocenters. The second-order valence-electron chi connectivity index (χ2n) is 8.97. The van der Waals surface area contributed by atoms with Gasteiger partial charge in [0.15, 0.2) is 5.90 Å². The molecule has 1 aliphatic carbocycles. The van der Waals surface area contributed by atoms with Crippen molar-refractivity contribution in [3.8, 4) is 0 Å². The van der Waals surface area contributed by atoms with Crippen LogP contribution in [-0.2, 0) is 9.53 Å². The van der Waals surface area contributed by atoms with Crippen molar-refractivity contribution in [2.45, 2.75) is 39.3 Å². The van der Waals surface area contributed by atoms with E-state index in [4.69, 9.17) is 15.9 Å². The molecule has 0 fully saturated rings. The molecule has 0 spiro atoms. The molecule has 0 saturated heterocycles. The number of amidine groups is 1. The van der Waals surface area contributed by atoms with Crippen LogP contribution in [0.4, 0.5) is 5.69 Å². The predicted molar refractivity (Wildman–Crippen MR) is 136 cm³/mol. The van der Waals surface area contributed by atoms with Crippen LogP contribution in [-0.4, -0.2) is 29.7 Å². The SMILES string of the molecule is CC(C)(CC1=CCCC=C1)C(=N)OC(N)=NC1N=C(c2ccccc2)c2ccccc2NC1=O. The first-order valence-electron chi connectivity index (χ1n) is 11.3. The van der Waals surface area contributed by atoms with Crippen LogP contribution in [0.25, 0.3) is 0 Å². The molecule has 4 N–H and O–H groups in total. The number of amides is 1. The molecule has 1 amide bonds. The third-order valence-electron chi connectivity index (χ3n) is 5.76. The largest absolute Gasteiger partial charge is 0.411 e. The number of nitrogens with two attached hydrogens (primary N) is 1. The van der Waals surface area contributed by atoms with Crippen LogP contribution < -0.4 is 11.1 Å². The number of benzene rings is 2. The number of fused-ring (bicyclic) bond motifs is 1. The molecule has 0 aromatic heterocycles. The second kappa shape index (κ2) is 9.87. The lowest BCUT2D eigenvalue weighted by molar-refractivity contribution is -0.117. The first-order chi connectivity index (χ1) is 16.3. The van der Waals surface area contributed by atoms with Crippen molar-refractivity contribution in [3.05, 3.63) is 89.5 Å². The normalized spacial score (nSPS) is 18.2. The average Bonchev–Trinajstić information content (AvgIpc) is 2.96. The summed E-state index contributed by atoms with van der Waals surface area (Å²) in [5.41, 5.74) is 9.55. The molecule has 7 heteroatoms. The second-order valence-corrected chi connectivity index (χ2v) is 8.97. The Morgan fingerprint density at radius 1 is 1.18 bits per heavy atom. The number of hydrogen-bond donors (Lipinski definition) is 3. The average molecular weight is 456 g/mol. The van der Waals surface area contributed by atoms with Crippen molar-refractivity contribution in [2.24, 2.45) is 21.1 Å². The number of anilines is 1. The lowest BCUT2D eigenvalue weighted by atomic mass is 9.84. The summed E-state index contributed by atoms with van der Waals surface area (Å²) in [4.78, 5) is 21.8. The van der Waals surface area contributed by atoms with Crippen molar-refractivity contribution in [1.29, 1.82) is 5.41 Å². The Morgan fingerprint density at radius 3 is 2.65 bits per heavy atom. The van der Waals surface area contributed by atoms with E-state index in [1.165, 1.54) is 0 Å². The van der Waals surface area contributed by atoms with Gasteiger partial charge in [0.2, 0.25) is 6.17 Å². The third kappa shape index (κ3) is 5.31. The number of rotatable bonds is 5. The summed E-state index contributed by atoms with van der Waals surface area (Å²) >= 11 is 0. The number of carbonyl (C=O) groups excluding carboxylic acids is 1. The number of ether oxygens (including phenoxy) is 1. The van der Waals surface area contributed by atoms with Gasteiger partial charge in [0.1, 0.15) is 0 Å². The summed E-state index contributed by atoms with van der Waals surface area (Å²) in [6.07, 6.45) is 7.93. The molecule has 4 rings (SSSR count). The van der Waals surface area contributed by atoms with Gasteiger partial charge in [-0.05, 0) is 25.3 Å². The van der Waals surface area contributed by atoms with Gasteiger partial charge >= 0.3 is 0 Å². The highest BCUT2D eigenvalue weighted by atomic mass is 16.5. The fraction of sp³-hybridized carbons (Fsp3) is 0.259. The van der Waals surface area contributed by atoms with E-state index in [-0.39, 0.29) is 11.9 Å². The zero-order valence-electron chi connectivity index (χ0n) is 19.4. The molecule has 1 aliphatic heterocycles. The number of benzodiazepines with no additional fused rings is 1. The lowest BCUT2D eigenvalue weighted by Gasteiger charge is -2.26. The molecular formula is C27H29N5O2. The molecule has 1 atom stereocenters. The van der Waals surface area contributed by atoms with Gasteiger partial charge in [-0.15, -0.1) is 0 Å². The molecule has 0 radical (unpaired) electrons. The summed E-state index contributed by atoms with van der Waals surface area (Å²) in [5, 5.41) is 11.3. The Hall–Kier alpha value is -4.00. The Morgan fingerprint density at radius 2 is 1.91 bits per heavy atom. The summed E-state index contributed by atoms with van der Waals surface area (Å²) in [6.45, 7) is 3.85. The van der Waals surface area contributed by atoms with Crippen molar-refractivity contribution in [1.82, 2.24) is 0 Å². The molecule has 34 heavy (non-hydrogen) atoms. The van der Waals surface area contributed by atoms with E-state index in [1.807, 2.05) is 68.4 Å². The van der Waals surface area contributed by atoms with Crippen LogP contribution in [0.1, 0.15) is 44.2 Å². The van der Waals surface area contributed by atoms with Crippen LogP contribution in [0, 0.1) is 10.8 Å². The number of para-hydroxylation sites is 1. The molecule has 2 aliphatic rings. The summed E-state index contributed by atoms with van der Waals surface area (Å²) in [6, 6.07) is 16.8. The minimum atomic E-state index is -1.15. The highest BCUT2D eigenvalue weighted by molar-refractivity contribution is 6.19. The van der Waals surface area contributed by atoms with Crippen molar-refractivity contribution >= 4 is 29.2 Å². The Bertz CT molecular complexity index is 1210. The Kier molecular flexibility index (Phi) is 6.72. The Labute approximate surface area is 199 Å². The summed E-state index contributed by atoms with van der Waals surface area (Å²) in [7, 11) is 0. The van der Waals surface area contributed by atoms with Gasteiger partial charge in [-0.25, -0.2) is 4.99 Å². The number of aliphatic imine (C=N–C) groups is 2. The van der Waals surface area contributed by atoms with Gasteiger partial charge in [0, 0.05) is 16.5 Å². The van der Waals surface area contributed by atoms with E-state index >= 15 is 0 Å². The minimum Gasteiger partial charge on any atom is -0.411 e. The maximum Gasteiger partial charge on any atom is 0.291 e. The number of allylic oxidation sites excluding steroid dienone is 4. The van der Waals surface area contributed by atoms with E-state index in [9.17, 15) is 4.79 Å². The number of nitrogens with zero attached hydrogens (tertiary/aromatic N) is 2. The predicted octanol–water partition coefficient (Wildman–Crippen LogP) is 4.80. The molecule has 7 nitrogen and oxygen atoms in total. The summed E-state index contributed by atoms with van der Waals surface area (Å²) in [5.74, 6) is -0.438. The van der Waals surface area contributed by atoms with Crippen LogP contribution in [0.3, 0.4) is 0 Å². The van der Waals surface area contributed by atoms with Crippen LogP contribution in [0.15, 0.2) is 88.4 Å². The third-order valence-corrected chi connectivity index (χ3v) is 5.76. The first-order valence-corrected chi connectivity index (χ1v) is 11.3. The van der Waals surface area contributed by atoms with Gasteiger partial charge in [-0.2, -0.15) is 4.99 Å². The molecular weight excluding hydrogens is 426 g/mol. The van der Waals surface area contributed by atoms with E-state index in [0.717, 1.165) is 29.5 Å². The highest BCUT2D eigenvalue weighted by Crippen LogP contribution is 2.30. The van der Waals surface area contributed by atoms with Gasteiger partial charge in [0.25, 0.3) is 11.9 Å². The molecule has 0 saturated carbocycles. The number of hydrogen-bond acceptors (Lipinski definition) is 5. The number of carbonyl (C=O) groups is 1. The monoisotopic (exact) mass is 455 g/mol. The quantitative estimate of drug-likeness (QED) is 0.444. The van der Waals surface area contributed by atoms with Gasteiger partial charge in [0.05, 0.1) is 11.4 Å². The van der Waals surface area contributed by atoms with Crippen LogP contribution in [0.2, 0.25) is 0 Å². The van der Waals surface area contributed by atoms with Crippen molar-refractivity contribution in [2.75, 3.05) is 5.32 Å². The topological polar surface area (TPSA) is 113 Å². The Balaban J connectivity index is 1.58. The first kappa shape index (κ1) is 23.2. The fourth-order valence-corrected chi connectivity index (χ4v) is 3.94. The zero-order valence-corrected chi connectivity index (χ0v) is 19.4. The maximum atomic E-state index is 12.9. The van der Waals surface area contributed by atoms with Crippen LogP contribution >= 0.6 is 0 Å². The maximum absolute atomic E-state index is 12.9. The highest BCUT2D eigenvalue weighted by Gasteiger charge is 2.29. The molecule has 174 valence electrons. The molecule has 2 aromatic rings. The van der Waals surface area contributed by atoms with E-state index < -0.39 is 17.5 Å². The number of nitrogens with one attached hydrogen (secondary N) is 2. The van der Waals surface area contributed by atoms with Crippen molar-refractivity contribution < 1.29 is 9.53 Å².